The quantitative estimate of drug-likeness (QED) is 0.778. The lowest BCUT2D eigenvalue weighted by molar-refractivity contribution is 0.548. The molecule has 0 radical (unpaired) electrons. The average molecular weight is 254 g/mol. The van der Waals surface area contributed by atoms with Crippen molar-refractivity contribution in [3.8, 4) is 0 Å². The number of nitrogens with one attached hydrogen (secondary N) is 1. The number of benzene rings is 2. The van der Waals surface area contributed by atoms with E-state index in [0.717, 1.165) is 25.1 Å². The van der Waals surface area contributed by atoms with Gasteiger partial charge in [0.1, 0.15) is 0 Å². The molecular weight excluding hydrogens is 232 g/mol. The van der Waals surface area contributed by atoms with Gasteiger partial charge in [0.05, 0.1) is 0 Å². The summed E-state index contributed by atoms with van der Waals surface area (Å²) in [5, 5.41) is 3.56. The van der Waals surface area contributed by atoms with Gasteiger partial charge >= 0.3 is 0 Å². The van der Waals surface area contributed by atoms with E-state index in [-0.39, 0.29) is 0 Å². The molecule has 0 amide bonds. The summed E-state index contributed by atoms with van der Waals surface area (Å²) in [6, 6.07) is 19.2. The van der Waals surface area contributed by atoms with Crippen LogP contribution in [0.15, 0.2) is 54.6 Å². The molecule has 0 fully saturated rings. The Morgan fingerprint density at radius 2 is 1.63 bits per heavy atom. The maximum absolute atomic E-state index is 5.69. The summed E-state index contributed by atoms with van der Waals surface area (Å²) in [6.45, 7) is 3.24. The van der Waals surface area contributed by atoms with Crippen LogP contribution in [0.1, 0.15) is 18.1 Å². The van der Waals surface area contributed by atoms with Gasteiger partial charge in [-0.1, -0.05) is 42.5 Å². The fourth-order valence-electron chi connectivity index (χ4n) is 2.19. The van der Waals surface area contributed by atoms with Gasteiger partial charge in [-0.25, -0.2) is 0 Å². The van der Waals surface area contributed by atoms with Crippen LogP contribution in [0.4, 0.5) is 5.69 Å². The maximum Gasteiger partial charge on any atom is 0.0314 e. The third-order valence-electron chi connectivity index (χ3n) is 3.27. The summed E-state index contributed by atoms with van der Waals surface area (Å²) < 4.78 is 0. The number of hydrogen-bond donors (Lipinski definition) is 2. The van der Waals surface area contributed by atoms with E-state index in [9.17, 15) is 0 Å². The van der Waals surface area contributed by atoms with Gasteiger partial charge in [-0.2, -0.15) is 0 Å². The average Bonchev–Trinajstić information content (AvgIpc) is 2.43. The van der Waals surface area contributed by atoms with Crippen molar-refractivity contribution in [1.82, 2.24) is 5.32 Å². The Kier molecular flexibility index (Phi) is 4.99. The lowest BCUT2D eigenvalue weighted by Gasteiger charge is -2.14. The molecule has 1 atom stereocenters. The SMILES string of the molecule is CC(Cc1ccc(N)cc1)NCCc1ccccc1. The predicted octanol–water partition coefficient (Wildman–Crippen LogP) is 3.03. The van der Waals surface area contributed by atoms with E-state index in [0.29, 0.717) is 6.04 Å². The van der Waals surface area contributed by atoms with Crippen molar-refractivity contribution in [2.45, 2.75) is 25.8 Å². The molecule has 0 saturated heterocycles. The van der Waals surface area contributed by atoms with Crippen molar-refractivity contribution in [2.24, 2.45) is 0 Å². The topological polar surface area (TPSA) is 38.0 Å². The number of rotatable bonds is 6. The van der Waals surface area contributed by atoms with Gasteiger partial charge in [0.25, 0.3) is 0 Å². The summed E-state index contributed by atoms with van der Waals surface area (Å²) in [4.78, 5) is 0. The van der Waals surface area contributed by atoms with Crippen LogP contribution in [0.25, 0.3) is 0 Å². The number of nitrogens with two attached hydrogens (primary N) is 1. The number of nitrogen functional groups attached to an aromatic ring is 1. The Balaban J connectivity index is 1.73. The molecule has 2 aromatic rings. The molecule has 0 spiro atoms. The molecule has 0 bridgehead atoms. The molecule has 2 nitrogen and oxygen atoms in total. The van der Waals surface area contributed by atoms with Crippen molar-refractivity contribution in [3.05, 3.63) is 65.7 Å². The summed E-state index contributed by atoms with van der Waals surface area (Å²) in [5.41, 5.74) is 9.23. The molecule has 2 heteroatoms. The minimum absolute atomic E-state index is 0.479. The highest BCUT2D eigenvalue weighted by Crippen LogP contribution is 2.08. The normalized spacial score (nSPS) is 12.3. The van der Waals surface area contributed by atoms with Gasteiger partial charge in [0, 0.05) is 11.7 Å². The molecule has 3 N–H and O–H groups in total. The van der Waals surface area contributed by atoms with Crippen LogP contribution in [-0.2, 0) is 12.8 Å². The second-order valence-electron chi connectivity index (χ2n) is 5.04. The third kappa shape index (κ3) is 4.76. The zero-order chi connectivity index (χ0) is 13.5. The summed E-state index contributed by atoms with van der Waals surface area (Å²) in [7, 11) is 0. The first-order valence-electron chi connectivity index (χ1n) is 6.86. The van der Waals surface area contributed by atoms with Gasteiger partial charge in [0.2, 0.25) is 0 Å². The molecule has 0 heterocycles. The monoisotopic (exact) mass is 254 g/mol. The smallest absolute Gasteiger partial charge is 0.0314 e. The molecule has 0 aromatic heterocycles. The van der Waals surface area contributed by atoms with Crippen LogP contribution in [0.2, 0.25) is 0 Å². The zero-order valence-corrected chi connectivity index (χ0v) is 11.5. The Hall–Kier alpha value is -1.80. The Labute approximate surface area is 115 Å². The van der Waals surface area contributed by atoms with Gasteiger partial charge < -0.3 is 11.1 Å². The van der Waals surface area contributed by atoms with Crippen molar-refractivity contribution in [3.63, 3.8) is 0 Å². The van der Waals surface area contributed by atoms with Crippen LogP contribution in [0.3, 0.4) is 0 Å². The van der Waals surface area contributed by atoms with Crippen LogP contribution in [-0.4, -0.2) is 12.6 Å². The van der Waals surface area contributed by atoms with E-state index >= 15 is 0 Å². The number of anilines is 1. The van der Waals surface area contributed by atoms with Crippen LogP contribution >= 0.6 is 0 Å². The first-order valence-corrected chi connectivity index (χ1v) is 6.86. The highest BCUT2D eigenvalue weighted by molar-refractivity contribution is 5.39. The van der Waals surface area contributed by atoms with E-state index in [4.69, 9.17) is 5.73 Å². The largest absolute Gasteiger partial charge is 0.399 e. The minimum atomic E-state index is 0.479. The first-order chi connectivity index (χ1) is 9.24. The van der Waals surface area contributed by atoms with Crippen molar-refractivity contribution in [1.29, 1.82) is 0 Å². The third-order valence-corrected chi connectivity index (χ3v) is 3.27. The Morgan fingerprint density at radius 1 is 0.947 bits per heavy atom. The van der Waals surface area contributed by atoms with E-state index in [2.05, 4.69) is 54.7 Å². The number of hydrogen-bond acceptors (Lipinski definition) is 2. The van der Waals surface area contributed by atoms with E-state index in [1.165, 1.54) is 11.1 Å². The highest BCUT2D eigenvalue weighted by atomic mass is 14.9. The van der Waals surface area contributed by atoms with Gasteiger partial charge in [-0.05, 0) is 49.6 Å². The molecule has 2 rings (SSSR count). The molecule has 0 saturated carbocycles. The molecule has 0 aliphatic carbocycles. The Bertz CT molecular complexity index is 476. The van der Waals surface area contributed by atoms with Crippen LogP contribution in [0.5, 0.6) is 0 Å². The molecule has 100 valence electrons. The van der Waals surface area contributed by atoms with Crippen molar-refractivity contribution < 1.29 is 0 Å². The van der Waals surface area contributed by atoms with E-state index in [1.54, 1.807) is 0 Å². The summed E-state index contributed by atoms with van der Waals surface area (Å²) in [6.07, 6.45) is 2.11. The summed E-state index contributed by atoms with van der Waals surface area (Å²) >= 11 is 0. The second kappa shape index (κ2) is 6.95. The molecule has 19 heavy (non-hydrogen) atoms. The minimum Gasteiger partial charge on any atom is -0.399 e. The van der Waals surface area contributed by atoms with E-state index in [1.807, 2.05) is 12.1 Å². The molecular formula is C17H22N2. The summed E-state index contributed by atoms with van der Waals surface area (Å²) in [5.74, 6) is 0. The highest BCUT2D eigenvalue weighted by Gasteiger charge is 2.02. The zero-order valence-electron chi connectivity index (χ0n) is 11.5. The van der Waals surface area contributed by atoms with Gasteiger partial charge in [0.15, 0.2) is 0 Å². The second-order valence-corrected chi connectivity index (χ2v) is 5.04. The van der Waals surface area contributed by atoms with Crippen LogP contribution in [0, 0.1) is 0 Å². The fourth-order valence-corrected chi connectivity index (χ4v) is 2.19. The first kappa shape index (κ1) is 13.6. The van der Waals surface area contributed by atoms with Crippen molar-refractivity contribution in [2.75, 3.05) is 12.3 Å². The fraction of sp³-hybridized carbons (Fsp3) is 0.294. The Morgan fingerprint density at radius 3 is 2.32 bits per heavy atom. The standard InChI is InChI=1S/C17H22N2/c1-14(13-16-7-9-17(18)10-8-16)19-12-11-15-5-3-2-4-6-15/h2-10,14,19H,11-13,18H2,1H3. The van der Waals surface area contributed by atoms with Gasteiger partial charge in [-0.15, -0.1) is 0 Å². The maximum atomic E-state index is 5.69. The molecule has 2 aromatic carbocycles. The van der Waals surface area contributed by atoms with Crippen molar-refractivity contribution >= 4 is 5.69 Å². The van der Waals surface area contributed by atoms with Crippen LogP contribution < -0.4 is 11.1 Å². The molecule has 0 aliphatic rings. The van der Waals surface area contributed by atoms with Gasteiger partial charge in [-0.3, -0.25) is 0 Å². The molecule has 1 unspecified atom stereocenters. The van der Waals surface area contributed by atoms with E-state index < -0.39 is 0 Å². The molecule has 0 aliphatic heterocycles. The lowest BCUT2D eigenvalue weighted by atomic mass is 10.1. The lowest BCUT2D eigenvalue weighted by Crippen LogP contribution is -2.29. The predicted molar refractivity (Wildman–Crippen MR) is 82.2 cm³/mol.